The second-order valence-corrected chi connectivity index (χ2v) is 3.35. The van der Waals surface area contributed by atoms with Gasteiger partial charge in [-0.1, -0.05) is 16.8 Å². The predicted molar refractivity (Wildman–Crippen MR) is 55.6 cm³/mol. The summed E-state index contributed by atoms with van der Waals surface area (Å²) in [4.78, 5) is 7.94. The first-order valence-corrected chi connectivity index (χ1v) is 4.76. The SMILES string of the molecule is Cc1noc(CNc2ccncc2Cl)n1. The highest BCUT2D eigenvalue weighted by Crippen LogP contribution is 2.19. The van der Waals surface area contributed by atoms with Crippen molar-refractivity contribution in [1.82, 2.24) is 15.1 Å². The number of anilines is 1. The average Bonchev–Trinajstić information content (AvgIpc) is 2.63. The molecule has 0 radical (unpaired) electrons. The van der Waals surface area contributed by atoms with Crippen molar-refractivity contribution in [3.8, 4) is 0 Å². The van der Waals surface area contributed by atoms with Crippen molar-refractivity contribution in [2.75, 3.05) is 5.32 Å². The van der Waals surface area contributed by atoms with Crippen molar-refractivity contribution in [2.24, 2.45) is 0 Å². The highest BCUT2D eigenvalue weighted by Gasteiger charge is 2.03. The third-order valence-corrected chi connectivity index (χ3v) is 2.07. The first kappa shape index (κ1) is 9.92. The molecule has 0 saturated heterocycles. The highest BCUT2D eigenvalue weighted by molar-refractivity contribution is 6.33. The molecule has 0 bridgehead atoms. The van der Waals surface area contributed by atoms with Crippen molar-refractivity contribution < 1.29 is 4.52 Å². The molecule has 0 unspecified atom stereocenters. The van der Waals surface area contributed by atoms with Crippen molar-refractivity contribution in [1.29, 1.82) is 0 Å². The van der Waals surface area contributed by atoms with Gasteiger partial charge in [0.1, 0.15) is 0 Å². The van der Waals surface area contributed by atoms with Gasteiger partial charge in [0.15, 0.2) is 5.82 Å². The van der Waals surface area contributed by atoms with Crippen LogP contribution in [0.5, 0.6) is 0 Å². The third-order valence-electron chi connectivity index (χ3n) is 1.77. The molecule has 0 saturated carbocycles. The quantitative estimate of drug-likeness (QED) is 0.864. The second kappa shape index (κ2) is 4.27. The molecule has 0 aliphatic rings. The van der Waals surface area contributed by atoms with Gasteiger partial charge in [-0.25, -0.2) is 0 Å². The fraction of sp³-hybridized carbons (Fsp3) is 0.222. The lowest BCUT2D eigenvalue weighted by atomic mass is 10.4. The van der Waals surface area contributed by atoms with Crippen LogP contribution in [0.25, 0.3) is 0 Å². The molecular weight excluding hydrogens is 216 g/mol. The molecule has 2 aromatic heterocycles. The van der Waals surface area contributed by atoms with Gasteiger partial charge in [0, 0.05) is 12.4 Å². The molecule has 0 fully saturated rings. The average molecular weight is 225 g/mol. The van der Waals surface area contributed by atoms with Crippen LogP contribution in [-0.4, -0.2) is 15.1 Å². The number of aromatic nitrogens is 3. The van der Waals surface area contributed by atoms with Gasteiger partial charge in [-0.2, -0.15) is 4.98 Å². The Kier molecular flexibility index (Phi) is 2.82. The summed E-state index contributed by atoms with van der Waals surface area (Å²) in [5, 5.41) is 7.32. The molecule has 0 aromatic carbocycles. The van der Waals surface area contributed by atoms with Gasteiger partial charge in [-0.05, 0) is 13.0 Å². The Labute approximate surface area is 91.5 Å². The van der Waals surface area contributed by atoms with E-state index in [1.807, 2.05) is 0 Å². The van der Waals surface area contributed by atoms with Crippen LogP contribution in [0, 0.1) is 6.92 Å². The molecule has 5 nitrogen and oxygen atoms in total. The van der Waals surface area contributed by atoms with E-state index in [0.29, 0.717) is 23.3 Å². The normalized spacial score (nSPS) is 10.3. The van der Waals surface area contributed by atoms with Crippen molar-refractivity contribution in [3.05, 3.63) is 35.2 Å². The summed E-state index contributed by atoms with van der Waals surface area (Å²) in [5.74, 6) is 1.15. The number of nitrogens with zero attached hydrogens (tertiary/aromatic N) is 3. The van der Waals surface area contributed by atoms with Crippen molar-refractivity contribution in [3.63, 3.8) is 0 Å². The zero-order valence-corrected chi connectivity index (χ0v) is 8.82. The number of rotatable bonds is 3. The molecule has 2 heterocycles. The Morgan fingerprint density at radius 3 is 3.07 bits per heavy atom. The van der Waals surface area contributed by atoms with E-state index in [1.54, 1.807) is 25.4 Å². The molecule has 0 aliphatic heterocycles. The van der Waals surface area contributed by atoms with Gasteiger partial charge in [-0.15, -0.1) is 0 Å². The van der Waals surface area contributed by atoms with Crippen LogP contribution in [0.4, 0.5) is 5.69 Å². The maximum Gasteiger partial charge on any atom is 0.245 e. The van der Waals surface area contributed by atoms with Gasteiger partial charge in [-0.3, -0.25) is 4.98 Å². The number of pyridine rings is 1. The lowest BCUT2D eigenvalue weighted by molar-refractivity contribution is 0.379. The van der Waals surface area contributed by atoms with Gasteiger partial charge in [0.05, 0.1) is 17.3 Å². The first-order chi connectivity index (χ1) is 7.25. The highest BCUT2D eigenvalue weighted by atomic mass is 35.5. The summed E-state index contributed by atoms with van der Waals surface area (Å²) < 4.78 is 4.94. The lowest BCUT2D eigenvalue weighted by Gasteiger charge is -2.03. The Balaban J connectivity index is 2.02. The number of hydrogen-bond acceptors (Lipinski definition) is 5. The first-order valence-electron chi connectivity index (χ1n) is 4.38. The fourth-order valence-corrected chi connectivity index (χ4v) is 1.29. The van der Waals surface area contributed by atoms with Crippen molar-refractivity contribution in [2.45, 2.75) is 13.5 Å². The smallest absolute Gasteiger partial charge is 0.245 e. The summed E-state index contributed by atoms with van der Waals surface area (Å²) in [6, 6.07) is 1.78. The van der Waals surface area contributed by atoms with Gasteiger partial charge in [0.25, 0.3) is 0 Å². The van der Waals surface area contributed by atoms with E-state index < -0.39 is 0 Å². The maximum atomic E-state index is 5.90. The summed E-state index contributed by atoms with van der Waals surface area (Å²) in [5.41, 5.74) is 0.794. The standard InChI is InChI=1S/C9H9ClN4O/c1-6-13-9(15-14-6)5-12-8-2-3-11-4-7(8)10/h2-4H,5H2,1H3,(H,11,12). The van der Waals surface area contributed by atoms with E-state index in [0.717, 1.165) is 5.69 Å². The second-order valence-electron chi connectivity index (χ2n) is 2.94. The maximum absolute atomic E-state index is 5.90. The third kappa shape index (κ3) is 2.44. The monoisotopic (exact) mass is 224 g/mol. The molecule has 2 rings (SSSR count). The molecule has 78 valence electrons. The molecule has 2 aromatic rings. The van der Waals surface area contributed by atoms with Crippen LogP contribution < -0.4 is 5.32 Å². The van der Waals surface area contributed by atoms with E-state index in [1.165, 1.54) is 0 Å². The van der Waals surface area contributed by atoms with E-state index in [9.17, 15) is 0 Å². The molecular formula is C9H9ClN4O. The molecule has 1 N–H and O–H groups in total. The summed E-state index contributed by atoms with van der Waals surface area (Å²) in [6.45, 7) is 2.22. The molecule has 0 spiro atoms. The fourth-order valence-electron chi connectivity index (χ4n) is 1.10. The summed E-state index contributed by atoms with van der Waals surface area (Å²) >= 11 is 5.90. The van der Waals surface area contributed by atoms with Crippen LogP contribution in [0.3, 0.4) is 0 Å². The zero-order chi connectivity index (χ0) is 10.7. The van der Waals surface area contributed by atoms with E-state index >= 15 is 0 Å². The topological polar surface area (TPSA) is 63.8 Å². The van der Waals surface area contributed by atoms with Crippen LogP contribution in [-0.2, 0) is 6.54 Å². The number of hydrogen-bond donors (Lipinski definition) is 1. The summed E-state index contributed by atoms with van der Waals surface area (Å²) in [6.07, 6.45) is 3.23. The number of halogens is 1. The Morgan fingerprint density at radius 1 is 1.53 bits per heavy atom. The molecule has 0 amide bonds. The number of nitrogens with one attached hydrogen (secondary N) is 1. The Morgan fingerprint density at radius 2 is 2.40 bits per heavy atom. The molecule has 0 aliphatic carbocycles. The van der Waals surface area contributed by atoms with Crippen molar-refractivity contribution >= 4 is 17.3 Å². The van der Waals surface area contributed by atoms with E-state index in [-0.39, 0.29) is 0 Å². The number of aryl methyl sites for hydroxylation is 1. The van der Waals surface area contributed by atoms with Gasteiger partial charge >= 0.3 is 0 Å². The Bertz CT molecular complexity index is 457. The van der Waals surface area contributed by atoms with Gasteiger partial charge < -0.3 is 9.84 Å². The Hall–Kier alpha value is -1.62. The molecule has 0 atom stereocenters. The van der Waals surface area contributed by atoms with E-state index in [2.05, 4.69) is 20.4 Å². The summed E-state index contributed by atoms with van der Waals surface area (Å²) in [7, 11) is 0. The molecule has 15 heavy (non-hydrogen) atoms. The minimum absolute atomic E-state index is 0.449. The van der Waals surface area contributed by atoms with Gasteiger partial charge in [0.2, 0.25) is 5.89 Å². The van der Waals surface area contributed by atoms with Crippen LogP contribution in [0.15, 0.2) is 23.0 Å². The predicted octanol–water partition coefficient (Wildman–Crippen LogP) is 2.04. The largest absolute Gasteiger partial charge is 0.375 e. The van der Waals surface area contributed by atoms with Crippen LogP contribution >= 0.6 is 11.6 Å². The van der Waals surface area contributed by atoms with Crippen LogP contribution in [0.1, 0.15) is 11.7 Å². The lowest BCUT2D eigenvalue weighted by Crippen LogP contribution is -2.00. The van der Waals surface area contributed by atoms with Crippen LogP contribution in [0.2, 0.25) is 5.02 Å². The zero-order valence-electron chi connectivity index (χ0n) is 8.07. The molecule has 6 heteroatoms. The minimum atomic E-state index is 0.449. The minimum Gasteiger partial charge on any atom is -0.375 e. The van der Waals surface area contributed by atoms with E-state index in [4.69, 9.17) is 16.1 Å².